The number of aryl methyl sites for hydroxylation is 1. The fraction of sp³-hybridized carbons (Fsp3) is 0.600. The Kier molecular flexibility index (Phi) is 3.61. The highest BCUT2D eigenvalue weighted by Crippen LogP contribution is 2.29. The van der Waals surface area contributed by atoms with Crippen LogP contribution in [0.4, 0.5) is 5.82 Å². The molecule has 5 heteroatoms. The Balaban J connectivity index is 1.84. The van der Waals surface area contributed by atoms with Gasteiger partial charge in [-0.3, -0.25) is 4.79 Å². The highest BCUT2D eigenvalue weighted by atomic mass is 16.5. The standard InChI is InChI=1S/C15H21N3O2/c1-10-8-11(9-14(16)17-10)15(19)18-6-7-20-13-5-3-2-4-12(13)18/h8-9,12-13H,2-7H2,1H3,(H2,16,17). The summed E-state index contributed by atoms with van der Waals surface area (Å²) in [5.74, 6) is 0.462. The smallest absolute Gasteiger partial charge is 0.254 e. The summed E-state index contributed by atoms with van der Waals surface area (Å²) >= 11 is 0. The van der Waals surface area contributed by atoms with Crippen molar-refractivity contribution in [1.29, 1.82) is 0 Å². The zero-order valence-corrected chi connectivity index (χ0v) is 11.8. The molecule has 2 unspecified atom stereocenters. The van der Waals surface area contributed by atoms with Crippen molar-refractivity contribution in [1.82, 2.24) is 9.88 Å². The van der Waals surface area contributed by atoms with Crippen molar-refractivity contribution in [3.63, 3.8) is 0 Å². The van der Waals surface area contributed by atoms with E-state index >= 15 is 0 Å². The van der Waals surface area contributed by atoms with Crippen LogP contribution < -0.4 is 5.73 Å². The minimum Gasteiger partial charge on any atom is -0.384 e. The summed E-state index contributed by atoms with van der Waals surface area (Å²) in [5, 5.41) is 0. The van der Waals surface area contributed by atoms with Crippen molar-refractivity contribution in [3.05, 3.63) is 23.4 Å². The molecule has 1 aliphatic heterocycles. The molecule has 0 bridgehead atoms. The molecule has 1 saturated carbocycles. The second-order valence-electron chi connectivity index (χ2n) is 5.68. The van der Waals surface area contributed by atoms with Crippen molar-refractivity contribution in [2.75, 3.05) is 18.9 Å². The van der Waals surface area contributed by atoms with E-state index in [0.29, 0.717) is 24.5 Å². The molecule has 5 nitrogen and oxygen atoms in total. The quantitative estimate of drug-likeness (QED) is 0.848. The fourth-order valence-corrected chi connectivity index (χ4v) is 3.33. The van der Waals surface area contributed by atoms with Gasteiger partial charge in [-0.15, -0.1) is 0 Å². The molecule has 0 aromatic carbocycles. The van der Waals surface area contributed by atoms with E-state index in [2.05, 4.69) is 4.98 Å². The predicted octanol–water partition coefficient (Wildman–Crippen LogP) is 1.76. The summed E-state index contributed by atoms with van der Waals surface area (Å²) in [6.07, 6.45) is 4.68. The third-order valence-electron chi connectivity index (χ3n) is 4.21. The topological polar surface area (TPSA) is 68.5 Å². The third kappa shape index (κ3) is 2.50. The second-order valence-corrected chi connectivity index (χ2v) is 5.68. The largest absolute Gasteiger partial charge is 0.384 e. The molecule has 108 valence electrons. The molecule has 0 radical (unpaired) electrons. The van der Waals surface area contributed by atoms with Gasteiger partial charge in [-0.05, 0) is 31.9 Å². The molecule has 1 amide bonds. The molecule has 2 aliphatic rings. The number of carbonyl (C=O) groups is 1. The number of nitrogens with two attached hydrogens (primary N) is 1. The lowest BCUT2D eigenvalue weighted by molar-refractivity contribution is -0.0752. The van der Waals surface area contributed by atoms with Crippen LogP contribution in [-0.4, -0.2) is 41.1 Å². The molecule has 2 atom stereocenters. The number of anilines is 1. The molecule has 2 heterocycles. The Morgan fingerprint density at radius 1 is 1.40 bits per heavy atom. The summed E-state index contributed by atoms with van der Waals surface area (Å²) < 4.78 is 5.81. The van der Waals surface area contributed by atoms with Gasteiger partial charge in [0.2, 0.25) is 0 Å². The number of pyridine rings is 1. The minimum absolute atomic E-state index is 0.0578. The zero-order valence-electron chi connectivity index (χ0n) is 11.8. The first-order valence-electron chi connectivity index (χ1n) is 7.32. The van der Waals surface area contributed by atoms with E-state index in [-0.39, 0.29) is 18.1 Å². The maximum absolute atomic E-state index is 12.7. The van der Waals surface area contributed by atoms with Crippen LogP contribution in [0.25, 0.3) is 0 Å². The molecule has 1 aromatic heterocycles. The second kappa shape index (κ2) is 5.40. The number of morpholine rings is 1. The molecule has 1 aliphatic carbocycles. The average molecular weight is 275 g/mol. The zero-order chi connectivity index (χ0) is 14.1. The number of nitrogen functional groups attached to an aromatic ring is 1. The lowest BCUT2D eigenvalue weighted by atomic mass is 9.89. The van der Waals surface area contributed by atoms with Crippen LogP contribution in [0.1, 0.15) is 41.7 Å². The van der Waals surface area contributed by atoms with E-state index < -0.39 is 0 Å². The molecule has 3 rings (SSSR count). The number of carbonyl (C=O) groups excluding carboxylic acids is 1. The van der Waals surface area contributed by atoms with Gasteiger partial charge in [-0.2, -0.15) is 0 Å². The Bertz CT molecular complexity index is 496. The van der Waals surface area contributed by atoms with Crippen LogP contribution in [0.5, 0.6) is 0 Å². The van der Waals surface area contributed by atoms with E-state index in [9.17, 15) is 4.79 Å². The number of nitrogens with zero attached hydrogens (tertiary/aromatic N) is 2. The lowest BCUT2D eigenvalue weighted by Crippen LogP contribution is -2.54. The van der Waals surface area contributed by atoms with Crippen molar-refractivity contribution in [2.24, 2.45) is 0 Å². The van der Waals surface area contributed by atoms with Gasteiger partial charge >= 0.3 is 0 Å². The number of amides is 1. The maximum atomic E-state index is 12.7. The summed E-state index contributed by atoms with van der Waals surface area (Å²) in [6, 6.07) is 3.70. The van der Waals surface area contributed by atoms with Crippen molar-refractivity contribution in [2.45, 2.75) is 44.8 Å². The van der Waals surface area contributed by atoms with E-state index in [0.717, 1.165) is 18.5 Å². The number of aromatic nitrogens is 1. The minimum atomic E-state index is 0.0578. The number of rotatable bonds is 1. The summed E-state index contributed by atoms with van der Waals surface area (Å²) in [6.45, 7) is 3.16. The lowest BCUT2D eigenvalue weighted by Gasteiger charge is -2.43. The monoisotopic (exact) mass is 275 g/mol. The first-order chi connectivity index (χ1) is 9.65. The molecule has 2 fully saturated rings. The number of hydrogen-bond acceptors (Lipinski definition) is 4. The summed E-state index contributed by atoms with van der Waals surface area (Å²) in [5.41, 5.74) is 7.17. The third-order valence-corrected chi connectivity index (χ3v) is 4.21. The van der Waals surface area contributed by atoms with Crippen LogP contribution in [-0.2, 0) is 4.74 Å². The average Bonchev–Trinajstić information content (AvgIpc) is 2.45. The molecular weight excluding hydrogens is 254 g/mol. The normalized spacial score (nSPS) is 26.1. The van der Waals surface area contributed by atoms with E-state index in [1.165, 1.54) is 12.8 Å². The van der Waals surface area contributed by atoms with Gasteiger partial charge in [0.15, 0.2) is 0 Å². The Morgan fingerprint density at radius 2 is 2.20 bits per heavy atom. The maximum Gasteiger partial charge on any atom is 0.254 e. The molecule has 1 aromatic rings. The van der Waals surface area contributed by atoms with E-state index in [4.69, 9.17) is 10.5 Å². The van der Waals surface area contributed by atoms with Crippen LogP contribution in [0, 0.1) is 6.92 Å². The van der Waals surface area contributed by atoms with E-state index in [1.54, 1.807) is 6.07 Å². The van der Waals surface area contributed by atoms with Gasteiger partial charge < -0.3 is 15.4 Å². The van der Waals surface area contributed by atoms with Crippen molar-refractivity contribution in [3.8, 4) is 0 Å². The van der Waals surface area contributed by atoms with Crippen LogP contribution >= 0.6 is 0 Å². The molecule has 2 N–H and O–H groups in total. The first kappa shape index (κ1) is 13.4. The molecular formula is C15H21N3O2. The number of fused-ring (bicyclic) bond motifs is 1. The van der Waals surface area contributed by atoms with Gasteiger partial charge in [0, 0.05) is 17.8 Å². The predicted molar refractivity (Wildman–Crippen MR) is 76.4 cm³/mol. The number of hydrogen-bond donors (Lipinski definition) is 1. The fourth-order valence-electron chi connectivity index (χ4n) is 3.33. The van der Waals surface area contributed by atoms with Gasteiger partial charge in [0.1, 0.15) is 5.82 Å². The Labute approximate surface area is 119 Å². The van der Waals surface area contributed by atoms with Crippen LogP contribution in [0.2, 0.25) is 0 Å². The summed E-state index contributed by atoms with van der Waals surface area (Å²) in [7, 11) is 0. The van der Waals surface area contributed by atoms with Gasteiger partial charge in [-0.1, -0.05) is 12.8 Å². The SMILES string of the molecule is Cc1cc(C(=O)N2CCOC3CCCCC32)cc(N)n1. The molecule has 0 spiro atoms. The first-order valence-corrected chi connectivity index (χ1v) is 7.32. The Hall–Kier alpha value is -1.62. The van der Waals surface area contributed by atoms with Crippen molar-refractivity contribution < 1.29 is 9.53 Å². The highest BCUT2D eigenvalue weighted by Gasteiger charge is 2.37. The molecule has 20 heavy (non-hydrogen) atoms. The number of ether oxygens (including phenoxy) is 1. The highest BCUT2D eigenvalue weighted by molar-refractivity contribution is 5.95. The van der Waals surface area contributed by atoms with Gasteiger partial charge in [-0.25, -0.2) is 4.98 Å². The van der Waals surface area contributed by atoms with Crippen molar-refractivity contribution >= 4 is 11.7 Å². The van der Waals surface area contributed by atoms with Crippen LogP contribution in [0.3, 0.4) is 0 Å². The Morgan fingerprint density at radius 3 is 3.00 bits per heavy atom. The van der Waals surface area contributed by atoms with Gasteiger partial charge in [0.25, 0.3) is 5.91 Å². The summed E-state index contributed by atoms with van der Waals surface area (Å²) in [4.78, 5) is 18.8. The van der Waals surface area contributed by atoms with E-state index in [1.807, 2.05) is 17.9 Å². The molecule has 1 saturated heterocycles. The van der Waals surface area contributed by atoms with Crippen LogP contribution in [0.15, 0.2) is 12.1 Å². The van der Waals surface area contributed by atoms with Gasteiger partial charge in [0.05, 0.1) is 18.8 Å².